The molecule has 0 radical (unpaired) electrons. The lowest BCUT2D eigenvalue weighted by molar-refractivity contribution is 0.565. The fraction of sp³-hybridized carbons (Fsp3) is 0.617. The molecule has 0 aliphatic carbocycles. The summed E-state index contributed by atoms with van der Waals surface area (Å²) in [5.74, 6) is 4.62. The van der Waals surface area contributed by atoms with Crippen molar-refractivity contribution in [3.63, 3.8) is 0 Å². The lowest BCUT2D eigenvalue weighted by Crippen LogP contribution is -2.06. The molecule has 0 aliphatic heterocycles. The predicted octanol–water partition coefficient (Wildman–Crippen LogP) is 15.9. The average molecular weight is 659 g/mol. The zero-order valence-electron chi connectivity index (χ0n) is 35.0. The van der Waals surface area contributed by atoms with Gasteiger partial charge in [0.1, 0.15) is 5.82 Å². The second-order valence-corrected chi connectivity index (χ2v) is 17.0. The minimum Gasteiger partial charge on any atom is -0.206 e. The lowest BCUT2D eigenvalue weighted by Gasteiger charge is -2.21. The van der Waals surface area contributed by atoms with Crippen LogP contribution in [0, 0.1) is 19.7 Å². The smallest absolute Gasteiger partial charge is 0.130 e. The first kappa shape index (κ1) is 43.6. The summed E-state index contributed by atoms with van der Waals surface area (Å²) in [7, 11) is 0. The Morgan fingerprint density at radius 1 is 0.333 bits per heavy atom. The molecule has 0 bridgehead atoms. The first-order valence-electron chi connectivity index (χ1n) is 19.1. The van der Waals surface area contributed by atoms with Gasteiger partial charge >= 0.3 is 0 Å². The Kier molecular flexibility index (Phi) is 17.4. The summed E-state index contributed by atoms with van der Waals surface area (Å²) in [5.41, 5.74) is 14.9. The second-order valence-electron chi connectivity index (χ2n) is 17.0. The third-order valence-corrected chi connectivity index (χ3v) is 9.71. The summed E-state index contributed by atoms with van der Waals surface area (Å²) in [5, 5.41) is 0. The molecule has 0 spiro atoms. The summed E-state index contributed by atoms with van der Waals surface area (Å²) in [6.07, 6.45) is 0. The van der Waals surface area contributed by atoms with Gasteiger partial charge in [0.15, 0.2) is 0 Å². The molecule has 3 aromatic carbocycles. The zero-order chi connectivity index (χ0) is 37.4. The average Bonchev–Trinajstić information content (AvgIpc) is 2.95. The van der Waals surface area contributed by atoms with E-state index >= 15 is 0 Å². The van der Waals surface area contributed by atoms with E-state index in [9.17, 15) is 4.39 Å². The van der Waals surface area contributed by atoms with Crippen LogP contribution in [0.2, 0.25) is 0 Å². The molecule has 0 atom stereocenters. The highest BCUT2D eigenvalue weighted by molar-refractivity contribution is 5.44. The van der Waals surface area contributed by atoms with Gasteiger partial charge < -0.3 is 0 Å². The SMILES string of the molecule is CC(C)c1ccc(C(C)C)c(C(C)C)c1F.Cc1cc(C(C)C)c(C(C)C)cc1C(C)C.Cc1cc(C(C)C)cc(C(C)C)c1C(C)C. The Labute approximate surface area is 298 Å². The number of halogens is 1. The largest absolute Gasteiger partial charge is 0.206 e. The Morgan fingerprint density at radius 3 is 1.10 bits per heavy atom. The van der Waals surface area contributed by atoms with Crippen molar-refractivity contribution in [3.05, 3.63) is 103 Å². The number of hydrogen-bond donors (Lipinski definition) is 0. The molecule has 3 rings (SSSR count). The van der Waals surface area contributed by atoms with Gasteiger partial charge in [0.2, 0.25) is 0 Å². The summed E-state index contributed by atoms with van der Waals surface area (Å²) >= 11 is 0. The lowest BCUT2D eigenvalue weighted by atomic mass is 9.84. The molecule has 0 heterocycles. The van der Waals surface area contributed by atoms with Gasteiger partial charge in [-0.05, 0) is 128 Å². The van der Waals surface area contributed by atoms with E-state index in [4.69, 9.17) is 0 Å². The zero-order valence-corrected chi connectivity index (χ0v) is 35.0. The van der Waals surface area contributed by atoms with Crippen molar-refractivity contribution in [2.45, 2.75) is 192 Å². The Hall–Kier alpha value is -2.41. The quantitative estimate of drug-likeness (QED) is 0.215. The van der Waals surface area contributed by atoms with Crippen molar-refractivity contribution in [1.82, 2.24) is 0 Å². The van der Waals surface area contributed by atoms with Crippen LogP contribution in [-0.2, 0) is 0 Å². The molecule has 48 heavy (non-hydrogen) atoms. The standard InChI is InChI=1S/2C16H26.C15H23F/c1-10(2)14-9-16(12(5)6)15(11(3)4)8-13(14)7;1-10(2)14-8-13(7)16(12(5)6)15(9-14)11(3)4;1-9(2)12-7-8-13(10(3)4)15(16)14(12)11(5)6/h2*8-12H,1-7H3;7-11H,1-6H3. The van der Waals surface area contributed by atoms with E-state index in [1.54, 1.807) is 11.1 Å². The molecule has 1 heteroatoms. The fourth-order valence-corrected chi connectivity index (χ4v) is 7.00. The molecule has 0 fully saturated rings. The van der Waals surface area contributed by atoms with Gasteiger partial charge in [-0.3, -0.25) is 0 Å². The highest BCUT2D eigenvalue weighted by Crippen LogP contribution is 2.35. The number of aryl methyl sites for hydroxylation is 2. The first-order chi connectivity index (χ1) is 22.0. The maximum Gasteiger partial charge on any atom is 0.130 e. The van der Waals surface area contributed by atoms with Crippen molar-refractivity contribution in [2.75, 3.05) is 0 Å². The van der Waals surface area contributed by atoms with Gasteiger partial charge in [-0.2, -0.15) is 0 Å². The van der Waals surface area contributed by atoms with Crippen LogP contribution in [0.25, 0.3) is 0 Å². The molecule has 0 nitrogen and oxygen atoms in total. The molecule has 0 aromatic heterocycles. The molecule has 0 saturated heterocycles. The maximum atomic E-state index is 14.4. The van der Waals surface area contributed by atoms with Crippen molar-refractivity contribution < 1.29 is 4.39 Å². The minimum atomic E-state index is 0.0104. The van der Waals surface area contributed by atoms with Crippen LogP contribution >= 0.6 is 0 Å². The fourth-order valence-electron chi connectivity index (χ4n) is 7.00. The van der Waals surface area contributed by atoms with E-state index in [-0.39, 0.29) is 17.7 Å². The van der Waals surface area contributed by atoms with E-state index in [0.29, 0.717) is 41.4 Å². The molecule has 3 aromatic rings. The van der Waals surface area contributed by atoms with Crippen LogP contribution in [0.4, 0.5) is 4.39 Å². The molecule has 0 unspecified atom stereocenters. The van der Waals surface area contributed by atoms with E-state index in [0.717, 1.165) is 16.7 Å². The van der Waals surface area contributed by atoms with Crippen LogP contribution < -0.4 is 0 Å². The Bertz CT molecular complexity index is 1410. The van der Waals surface area contributed by atoms with Crippen LogP contribution in [0.5, 0.6) is 0 Å². The van der Waals surface area contributed by atoms with Gasteiger partial charge in [-0.25, -0.2) is 4.39 Å². The number of hydrogen-bond acceptors (Lipinski definition) is 0. The van der Waals surface area contributed by atoms with Crippen LogP contribution in [-0.4, -0.2) is 0 Å². The summed E-state index contributed by atoms with van der Waals surface area (Å²) < 4.78 is 14.4. The highest BCUT2D eigenvalue weighted by Gasteiger charge is 2.19. The van der Waals surface area contributed by atoms with Gasteiger partial charge in [-0.1, -0.05) is 161 Å². The van der Waals surface area contributed by atoms with Crippen molar-refractivity contribution in [3.8, 4) is 0 Å². The Morgan fingerprint density at radius 2 is 0.729 bits per heavy atom. The topological polar surface area (TPSA) is 0 Å². The summed E-state index contributed by atoms with van der Waals surface area (Å²) in [4.78, 5) is 0. The summed E-state index contributed by atoms with van der Waals surface area (Å²) in [6.45, 7) is 44.4. The van der Waals surface area contributed by atoms with E-state index in [2.05, 4.69) is 155 Å². The van der Waals surface area contributed by atoms with E-state index in [1.165, 1.54) is 33.4 Å². The van der Waals surface area contributed by atoms with Crippen LogP contribution in [0.15, 0.2) is 36.4 Å². The molecule has 0 aliphatic rings. The molecular formula is C47H75F. The number of rotatable bonds is 9. The summed E-state index contributed by atoms with van der Waals surface area (Å²) in [6, 6.07) is 13.7. The minimum absolute atomic E-state index is 0.0104. The third-order valence-electron chi connectivity index (χ3n) is 9.71. The first-order valence-corrected chi connectivity index (χ1v) is 19.1. The van der Waals surface area contributed by atoms with Crippen molar-refractivity contribution in [1.29, 1.82) is 0 Å². The van der Waals surface area contributed by atoms with Gasteiger partial charge in [0.05, 0.1) is 0 Å². The maximum absolute atomic E-state index is 14.4. The number of benzene rings is 3. The van der Waals surface area contributed by atoms with Crippen molar-refractivity contribution >= 4 is 0 Å². The molecule has 0 amide bonds. The van der Waals surface area contributed by atoms with Gasteiger partial charge in [-0.15, -0.1) is 0 Å². The van der Waals surface area contributed by atoms with Gasteiger partial charge in [0, 0.05) is 0 Å². The van der Waals surface area contributed by atoms with E-state index in [1.807, 2.05) is 19.9 Å². The monoisotopic (exact) mass is 659 g/mol. The van der Waals surface area contributed by atoms with Crippen LogP contribution in [0.1, 0.15) is 239 Å². The molecule has 270 valence electrons. The van der Waals surface area contributed by atoms with Crippen molar-refractivity contribution in [2.24, 2.45) is 0 Å². The Balaban J connectivity index is 0.000000360. The molecular weight excluding hydrogens is 584 g/mol. The predicted molar refractivity (Wildman–Crippen MR) is 216 cm³/mol. The second kappa shape index (κ2) is 19.1. The van der Waals surface area contributed by atoms with E-state index < -0.39 is 0 Å². The van der Waals surface area contributed by atoms with Crippen LogP contribution in [0.3, 0.4) is 0 Å². The molecule has 0 N–H and O–H groups in total. The molecule has 0 saturated carbocycles. The third kappa shape index (κ3) is 11.6. The normalized spacial score (nSPS) is 11.9. The highest BCUT2D eigenvalue weighted by atomic mass is 19.1. The van der Waals surface area contributed by atoms with Gasteiger partial charge in [0.25, 0.3) is 0 Å².